The van der Waals surface area contributed by atoms with E-state index < -0.39 is 16.8 Å². The van der Waals surface area contributed by atoms with Crippen molar-refractivity contribution in [3.63, 3.8) is 0 Å². The lowest BCUT2D eigenvalue weighted by Gasteiger charge is -2.37. The van der Waals surface area contributed by atoms with Crippen molar-refractivity contribution in [2.45, 2.75) is 32.1 Å². The number of carbonyl (C=O) groups excluding carboxylic acids is 1. The number of carboxylic acid groups (broad SMARTS) is 1. The summed E-state index contributed by atoms with van der Waals surface area (Å²) in [7, 11) is 0. The maximum Gasteiger partial charge on any atom is 0.310 e. The lowest BCUT2D eigenvalue weighted by molar-refractivity contribution is -0.147. The summed E-state index contributed by atoms with van der Waals surface area (Å²) in [4.78, 5) is 24.1. The van der Waals surface area contributed by atoms with Gasteiger partial charge in [-0.05, 0) is 44.4 Å². The first-order chi connectivity index (χ1) is 10.8. The Morgan fingerprint density at radius 3 is 2.35 bits per heavy atom. The molecule has 0 saturated carbocycles. The van der Waals surface area contributed by atoms with Gasteiger partial charge in [-0.2, -0.15) is 0 Å². The second-order valence-corrected chi connectivity index (χ2v) is 7.49. The fourth-order valence-corrected chi connectivity index (χ4v) is 2.95. The van der Waals surface area contributed by atoms with Gasteiger partial charge in [0, 0.05) is 24.2 Å². The summed E-state index contributed by atoms with van der Waals surface area (Å²) in [5.41, 5.74) is -0.718. The summed E-state index contributed by atoms with van der Waals surface area (Å²) in [6.07, 6.45) is 1.18. The Morgan fingerprint density at radius 1 is 1.26 bits per heavy atom. The molecule has 0 radical (unpaired) electrons. The fourth-order valence-electron chi connectivity index (χ4n) is 2.68. The number of carbonyl (C=O) groups is 2. The molecule has 0 bridgehead atoms. The van der Waals surface area contributed by atoms with Crippen LogP contribution >= 0.6 is 15.9 Å². The normalized spacial score (nSPS) is 17.5. The quantitative estimate of drug-likeness (QED) is 0.819. The van der Waals surface area contributed by atoms with E-state index in [1.54, 1.807) is 13.8 Å². The lowest BCUT2D eigenvalue weighted by atomic mass is 9.73. The molecule has 1 aromatic rings. The number of hydrogen-bond acceptors (Lipinski definition) is 3. The van der Waals surface area contributed by atoms with Gasteiger partial charge in [-0.15, -0.1) is 0 Å². The van der Waals surface area contributed by atoms with Crippen molar-refractivity contribution in [3.05, 3.63) is 34.3 Å². The molecular formula is C17H22BrNO4. The Bertz CT molecular complexity index is 577. The van der Waals surface area contributed by atoms with Gasteiger partial charge in [0.05, 0.1) is 10.8 Å². The van der Waals surface area contributed by atoms with Crippen molar-refractivity contribution in [3.8, 4) is 0 Å². The van der Waals surface area contributed by atoms with Crippen molar-refractivity contribution in [1.82, 2.24) is 5.32 Å². The van der Waals surface area contributed by atoms with Gasteiger partial charge in [-0.25, -0.2) is 0 Å². The van der Waals surface area contributed by atoms with Gasteiger partial charge < -0.3 is 15.2 Å². The van der Waals surface area contributed by atoms with Crippen molar-refractivity contribution >= 4 is 27.8 Å². The second kappa shape index (κ2) is 7.01. The molecular weight excluding hydrogens is 362 g/mol. The molecule has 1 aliphatic heterocycles. The van der Waals surface area contributed by atoms with Crippen molar-refractivity contribution < 1.29 is 19.4 Å². The molecule has 1 saturated heterocycles. The number of rotatable bonds is 5. The minimum atomic E-state index is -0.998. The molecule has 1 amide bonds. The molecule has 1 fully saturated rings. The first-order valence-corrected chi connectivity index (χ1v) is 8.43. The van der Waals surface area contributed by atoms with E-state index >= 15 is 0 Å². The van der Waals surface area contributed by atoms with Crippen LogP contribution < -0.4 is 5.32 Å². The number of aliphatic carboxylic acids is 1. The largest absolute Gasteiger partial charge is 0.481 e. The molecule has 0 aromatic heterocycles. The van der Waals surface area contributed by atoms with Crippen LogP contribution in [0.5, 0.6) is 0 Å². The molecule has 0 aliphatic carbocycles. The highest BCUT2D eigenvalue weighted by Gasteiger charge is 2.42. The highest BCUT2D eigenvalue weighted by Crippen LogP contribution is 2.36. The SMILES string of the molecule is CC(C)(CNC(=O)C1(c2ccc(Br)cc2)CCOCC1)C(=O)O. The molecule has 0 unspecified atom stereocenters. The Morgan fingerprint density at radius 2 is 1.83 bits per heavy atom. The topological polar surface area (TPSA) is 75.6 Å². The average molecular weight is 384 g/mol. The van der Waals surface area contributed by atoms with Crippen LogP contribution in [0.2, 0.25) is 0 Å². The number of nitrogens with one attached hydrogen (secondary N) is 1. The highest BCUT2D eigenvalue weighted by atomic mass is 79.9. The van der Waals surface area contributed by atoms with E-state index in [0.29, 0.717) is 26.1 Å². The number of halogens is 1. The van der Waals surface area contributed by atoms with Crippen LogP contribution in [0, 0.1) is 5.41 Å². The molecule has 0 atom stereocenters. The maximum atomic E-state index is 12.9. The van der Waals surface area contributed by atoms with Gasteiger partial charge in [0.25, 0.3) is 0 Å². The molecule has 1 heterocycles. The summed E-state index contributed by atoms with van der Waals surface area (Å²) in [6.45, 7) is 4.34. The summed E-state index contributed by atoms with van der Waals surface area (Å²) < 4.78 is 6.37. The van der Waals surface area contributed by atoms with Crippen molar-refractivity contribution in [2.75, 3.05) is 19.8 Å². The molecule has 5 nitrogen and oxygen atoms in total. The average Bonchev–Trinajstić information content (AvgIpc) is 2.53. The number of hydrogen-bond donors (Lipinski definition) is 2. The predicted octanol–water partition coefficient (Wildman–Crippen LogP) is 2.72. The predicted molar refractivity (Wildman–Crippen MR) is 90.3 cm³/mol. The van der Waals surface area contributed by atoms with E-state index in [4.69, 9.17) is 4.74 Å². The van der Waals surface area contributed by atoms with E-state index in [1.807, 2.05) is 24.3 Å². The minimum Gasteiger partial charge on any atom is -0.481 e. The van der Waals surface area contributed by atoms with Crippen LogP contribution in [0.25, 0.3) is 0 Å². The first kappa shape index (κ1) is 17.9. The molecule has 6 heteroatoms. The van der Waals surface area contributed by atoms with Crippen molar-refractivity contribution in [1.29, 1.82) is 0 Å². The summed E-state index contributed by atoms with van der Waals surface area (Å²) in [6, 6.07) is 7.72. The van der Waals surface area contributed by atoms with E-state index in [2.05, 4.69) is 21.2 Å². The number of ether oxygens (including phenoxy) is 1. The first-order valence-electron chi connectivity index (χ1n) is 7.63. The molecule has 0 spiro atoms. The minimum absolute atomic E-state index is 0.0975. The monoisotopic (exact) mass is 383 g/mol. The van der Waals surface area contributed by atoms with E-state index in [1.165, 1.54) is 0 Å². The summed E-state index contributed by atoms with van der Waals surface area (Å²) in [5, 5.41) is 12.0. The third-order valence-corrected chi connectivity index (χ3v) is 4.98. The Hall–Kier alpha value is -1.40. The zero-order valence-corrected chi connectivity index (χ0v) is 15.0. The van der Waals surface area contributed by atoms with Gasteiger partial charge in [0.1, 0.15) is 0 Å². The molecule has 126 valence electrons. The van der Waals surface area contributed by atoms with E-state index in [-0.39, 0.29) is 12.5 Å². The van der Waals surface area contributed by atoms with Crippen LogP contribution in [0.3, 0.4) is 0 Å². The van der Waals surface area contributed by atoms with E-state index in [9.17, 15) is 14.7 Å². The smallest absolute Gasteiger partial charge is 0.310 e. The molecule has 2 rings (SSSR count). The zero-order chi connectivity index (χ0) is 17.1. The number of amides is 1. The summed E-state index contributed by atoms with van der Waals surface area (Å²) >= 11 is 3.41. The van der Waals surface area contributed by atoms with Gasteiger partial charge in [0.15, 0.2) is 0 Å². The summed E-state index contributed by atoms with van der Waals surface area (Å²) in [5.74, 6) is -1.06. The Labute approximate surface area is 144 Å². The van der Waals surface area contributed by atoms with Gasteiger partial charge in [-0.1, -0.05) is 28.1 Å². The fraction of sp³-hybridized carbons (Fsp3) is 0.529. The molecule has 1 aliphatic rings. The van der Waals surface area contributed by atoms with Gasteiger partial charge in [-0.3, -0.25) is 9.59 Å². The van der Waals surface area contributed by atoms with Gasteiger partial charge >= 0.3 is 5.97 Å². The Balaban J connectivity index is 2.22. The van der Waals surface area contributed by atoms with Crippen LogP contribution in [0.4, 0.5) is 0 Å². The van der Waals surface area contributed by atoms with Crippen LogP contribution in [-0.2, 0) is 19.7 Å². The van der Waals surface area contributed by atoms with Crippen LogP contribution in [-0.4, -0.2) is 36.7 Å². The van der Waals surface area contributed by atoms with Crippen LogP contribution in [0.1, 0.15) is 32.3 Å². The Kier molecular flexibility index (Phi) is 5.47. The lowest BCUT2D eigenvalue weighted by Crippen LogP contribution is -2.50. The zero-order valence-electron chi connectivity index (χ0n) is 13.4. The third kappa shape index (κ3) is 3.93. The number of carboxylic acids is 1. The standard InChI is InChI=1S/C17H22BrNO4/c1-16(2,15(21)22)11-19-14(20)17(7-9-23-10-8-17)12-3-5-13(18)6-4-12/h3-6H,7-11H2,1-2H3,(H,19,20)(H,21,22). The van der Waals surface area contributed by atoms with Gasteiger partial charge in [0.2, 0.25) is 5.91 Å². The molecule has 1 aromatic carbocycles. The molecule has 23 heavy (non-hydrogen) atoms. The second-order valence-electron chi connectivity index (χ2n) is 6.57. The maximum absolute atomic E-state index is 12.9. The molecule has 2 N–H and O–H groups in total. The third-order valence-electron chi connectivity index (χ3n) is 4.45. The van der Waals surface area contributed by atoms with Crippen LogP contribution in [0.15, 0.2) is 28.7 Å². The number of benzene rings is 1. The van der Waals surface area contributed by atoms with E-state index in [0.717, 1.165) is 10.0 Å². The van der Waals surface area contributed by atoms with Crippen molar-refractivity contribution in [2.24, 2.45) is 5.41 Å². The highest BCUT2D eigenvalue weighted by molar-refractivity contribution is 9.10.